The lowest BCUT2D eigenvalue weighted by Crippen LogP contribution is -2.57. The van der Waals surface area contributed by atoms with E-state index in [9.17, 15) is 24.3 Å². The molecule has 1 heterocycles. The number of carboxylic acids is 1. The molecule has 0 aromatic heterocycles. The van der Waals surface area contributed by atoms with Gasteiger partial charge in [-0.25, -0.2) is 4.79 Å². The SMILES string of the molecule is CSCCC(NC(=O)C(CCCCN)NC(=O)C1CCCN1)C(=O)NC(CC(C)C)C(=O)O. The van der Waals surface area contributed by atoms with Gasteiger partial charge in [0.15, 0.2) is 0 Å². The molecule has 0 aliphatic carbocycles. The Morgan fingerprint density at radius 1 is 1.03 bits per heavy atom. The van der Waals surface area contributed by atoms with Crippen LogP contribution in [0.25, 0.3) is 0 Å². The molecule has 10 nitrogen and oxygen atoms in total. The molecule has 4 atom stereocenters. The fourth-order valence-corrected chi connectivity index (χ4v) is 4.16. The van der Waals surface area contributed by atoms with Gasteiger partial charge in [0.2, 0.25) is 17.7 Å². The van der Waals surface area contributed by atoms with E-state index < -0.39 is 35.9 Å². The minimum absolute atomic E-state index is 0.0805. The maximum Gasteiger partial charge on any atom is 0.326 e. The molecule has 0 radical (unpaired) electrons. The standard InChI is InChI=1S/C22H41N5O5S/c1-14(2)13-18(22(31)32)27-21(30)17(9-12-33-3)26-20(29)16(7-4-5-10-23)25-19(28)15-8-6-11-24-15/h14-18,24H,4-13,23H2,1-3H3,(H,25,28)(H,26,29)(H,27,30)(H,31,32). The van der Waals surface area contributed by atoms with Crippen LogP contribution in [0.5, 0.6) is 0 Å². The lowest BCUT2D eigenvalue weighted by molar-refractivity contribution is -0.142. The predicted octanol–water partition coefficient (Wildman–Crippen LogP) is 0.206. The lowest BCUT2D eigenvalue weighted by Gasteiger charge is -2.25. The second-order valence-electron chi connectivity index (χ2n) is 8.87. The van der Waals surface area contributed by atoms with E-state index in [1.165, 1.54) is 11.8 Å². The summed E-state index contributed by atoms with van der Waals surface area (Å²) in [6.07, 6.45) is 5.92. The monoisotopic (exact) mass is 487 g/mol. The van der Waals surface area contributed by atoms with E-state index in [2.05, 4.69) is 21.3 Å². The van der Waals surface area contributed by atoms with Crippen LogP contribution >= 0.6 is 11.8 Å². The number of rotatable bonds is 16. The minimum atomic E-state index is -1.11. The number of carbonyl (C=O) groups excluding carboxylic acids is 3. The first-order chi connectivity index (χ1) is 15.7. The quantitative estimate of drug-likeness (QED) is 0.168. The summed E-state index contributed by atoms with van der Waals surface area (Å²) in [5, 5.41) is 20.7. The van der Waals surface area contributed by atoms with Crippen molar-refractivity contribution in [2.75, 3.05) is 25.1 Å². The first-order valence-electron chi connectivity index (χ1n) is 11.8. The largest absolute Gasteiger partial charge is 0.480 e. The molecule has 4 unspecified atom stereocenters. The van der Waals surface area contributed by atoms with Crippen LogP contribution in [0.3, 0.4) is 0 Å². The average Bonchev–Trinajstić information content (AvgIpc) is 3.30. The molecule has 0 aromatic rings. The number of carbonyl (C=O) groups is 4. The molecule has 3 amide bonds. The maximum atomic E-state index is 13.1. The van der Waals surface area contributed by atoms with Crippen molar-refractivity contribution < 1.29 is 24.3 Å². The summed E-state index contributed by atoms with van der Waals surface area (Å²) in [5.41, 5.74) is 5.57. The van der Waals surface area contributed by atoms with E-state index in [0.717, 1.165) is 13.0 Å². The van der Waals surface area contributed by atoms with E-state index >= 15 is 0 Å². The van der Waals surface area contributed by atoms with Crippen molar-refractivity contribution in [2.24, 2.45) is 11.7 Å². The van der Waals surface area contributed by atoms with E-state index in [0.29, 0.717) is 44.4 Å². The highest BCUT2D eigenvalue weighted by molar-refractivity contribution is 7.98. The number of amides is 3. The molecule has 7 N–H and O–H groups in total. The van der Waals surface area contributed by atoms with Crippen LogP contribution in [-0.2, 0) is 19.2 Å². The van der Waals surface area contributed by atoms with Crippen molar-refractivity contribution in [3.8, 4) is 0 Å². The number of thioether (sulfide) groups is 1. The zero-order valence-corrected chi connectivity index (χ0v) is 20.8. The number of carboxylic acid groups (broad SMARTS) is 1. The van der Waals surface area contributed by atoms with E-state index in [-0.39, 0.29) is 24.3 Å². The fourth-order valence-electron chi connectivity index (χ4n) is 3.68. The summed E-state index contributed by atoms with van der Waals surface area (Å²) in [5.74, 6) is -1.63. The third-order valence-electron chi connectivity index (χ3n) is 5.52. The number of nitrogens with two attached hydrogens (primary N) is 1. The Kier molecular flexibility index (Phi) is 14.1. The second kappa shape index (κ2) is 15.9. The van der Waals surface area contributed by atoms with Crippen molar-refractivity contribution in [2.45, 2.75) is 83.0 Å². The number of hydrogen-bond acceptors (Lipinski definition) is 7. The first-order valence-corrected chi connectivity index (χ1v) is 13.1. The minimum Gasteiger partial charge on any atom is -0.480 e. The molecule has 1 fully saturated rings. The van der Waals surface area contributed by atoms with Gasteiger partial charge in [-0.2, -0.15) is 11.8 Å². The van der Waals surface area contributed by atoms with Crippen LogP contribution in [0.4, 0.5) is 0 Å². The summed E-state index contributed by atoms with van der Waals surface area (Å²) in [4.78, 5) is 50.1. The zero-order chi connectivity index (χ0) is 24.8. The summed E-state index contributed by atoms with van der Waals surface area (Å²) in [6.45, 7) is 5.00. The molecule has 0 spiro atoms. The van der Waals surface area contributed by atoms with E-state index in [1.54, 1.807) is 0 Å². The molecule has 11 heteroatoms. The number of aliphatic carboxylic acids is 1. The number of nitrogens with one attached hydrogen (secondary N) is 4. The molecular weight excluding hydrogens is 446 g/mol. The smallest absolute Gasteiger partial charge is 0.326 e. The van der Waals surface area contributed by atoms with Crippen LogP contribution in [0.1, 0.15) is 58.8 Å². The molecule has 1 aliphatic heterocycles. The zero-order valence-electron chi connectivity index (χ0n) is 20.0. The Bertz CT molecular complexity index is 643. The second-order valence-corrected chi connectivity index (χ2v) is 9.85. The third kappa shape index (κ3) is 11.2. The summed E-state index contributed by atoms with van der Waals surface area (Å²) in [7, 11) is 0. The Balaban J connectivity index is 2.88. The highest BCUT2D eigenvalue weighted by atomic mass is 32.2. The summed E-state index contributed by atoms with van der Waals surface area (Å²) < 4.78 is 0. The normalized spacial score (nSPS) is 18.4. The van der Waals surface area contributed by atoms with Crippen LogP contribution in [0.2, 0.25) is 0 Å². The van der Waals surface area contributed by atoms with Gasteiger partial charge in [0, 0.05) is 0 Å². The van der Waals surface area contributed by atoms with Crippen molar-refractivity contribution in [1.29, 1.82) is 0 Å². The van der Waals surface area contributed by atoms with Crippen LogP contribution in [0.15, 0.2) is 0 Å². The number of hydrogen-bond donors (Lipinski definition) is 6. The van der Waals surface area contributed by atoms with Crippen molar-refractivity contribution in [1.82, 2.24) is 21.3 Å². The van der Waals surface area contributed by atoms with Gasteiger partial charge < -0.3 is 32.1 Å². The van der Waals surface area contributed by atoms with Crippen LogP contribution < -0.4 is 27.0 Å². The Morgan fingerprint density at radius 3 is 2.18 bits per heavy atom. The Labute approximate surface area is 200 Å². The molecular formula is C22H41N5O5S. The topological polar surface area (TPSA) is 163 Å². The first kappa shape index (κ1) is 29.2. The van der Waals surface area contributed by atoms with Gasteiger partial charge in [0.1, 0.15) is 18.1 Å². The van der Waals surface area contributed by atoms with Gasteiger partial charge in [-0.1, -0.05) is 13.8 Å². The van der Waals surface area contributed by atoms with Gasteiger partial charge >= 0.3 is 5.97 Å². The average molecular weight is 488 g/mol. The van der Waals surface area contributed by atoms with Crippen molar-refractivity contribution in [3.05, 3.63) is 0 Å². The number of unbranched alkanes of at least 4 members (excludes halogenated alkanes) is 1. The van der Waals surface area contributed by atoms with Gasteiger partial charge in [0.05, 0.1) is 6.04 Å². The fraction of sp³-hybridized carbons (Fsp3) is 0.818. The van der Waals surface area contributed by atoms with Gasteiger partial charge in [-0.15, -0.1) is 0 Å². The van der Waals surface area contributed by atoms with Crippen molar-refractivity contribution in [3.63, 3.8) is 0 Å². The van der Waals surface area contributed by atoms with Crippen molar-refractivity contribution >= 4 is 35.5 Å². The predicted molar refractivity (Wildman–Crippen MR) is 130 cm³/mol. The molecule has 0 bridgehead atoms. The molecule has 1 rings (SSSR count). The third-order valence-corrected chi connectivity index (χ3v) is 6.17. The Hall–Kier alpha value is -1.85. The molecule has 0 aromatic carbocycles. The van der Waals surface area contributed by atoms with E-state index in [4.69, 9.17) is 5.73 Å². The van der Waals surface area contributed by atoms with E-state index in [1.807, 2.05) is 20.1 Å². The van der Waals surface area contributed by atoms with Gasteiger partial charge in [-0.3, -0.25) is 14.4 Å². The van der Waals surface area contributed by atoms with Crippen LogP contribution in [0, 0.1) is 5.92 Å². The molecule has 190 valence electrons. The summed E-state index contributed by atoms with van der Waals surface area (Å²) >= 11 is 1.52. The molecule has 1 aliphatic rings. The molecule has 33 heavy (non-hydrogen) atoms. The molecule has 1 saturated heterocycles. The summed E-state index contributed by atoms with van der Waals surface area (Å²) in [6, 6.07) is -3.03. The van der Waals surface area contributed by atoms with Gasteiger partial charge in [0.25, 0.3) is 0 Å². The highest BCUT2D eigenvalue weighted by Gasteiger charge is 2.31. The van der Waals surface area contributed by atoms with Gasteiger partial charge in [-0.05, 0) is 76.0 Å². The van der Waals surface area contributed by atoms with Crippen LogP contribution in [-0.4, -0.2) is 78.1 Å². The highest BCUT2D eigenvalue weighted by Crippen LogP contribution is 2.10. The maximum absolute atomic E-state index is 13.1. The lowest BCUT2D eigenvalue weighted by atomic mass is 10.0. The Morgan fingerprint density at radius 2 is 1.67 bits per heavy atom. The molecule has 0 saturated carbocycles.